The molecule has 0 saturated heterocycles. The minimum atomic E-state index is -3.74. The summed E-state index contributed by atoms with van der Waals surface area (Å²) in [5.41, 5.74) is 9.40. The van der Waals surface area contributed by atoms with Gasteiger partial charge < -0.3 is 5.73 Å². The molecule has 2 heterocycles. The van der Waals surface area contributed by atoms with Gasteiger partial charge in [0, 0.05) is 29.9 Å². The van der Waals surface area contributed by atoms with Gasteiger partial charge in [0.15, 0.2) is 0 Å². The molecule has 0 atom stereocenters. The Bertz CT molecular complexity index is 1400. The fraction of sp³-hybridized carbons (Fsp3) is 0.364. The van der Waals surface area contributed by atoms with Crippen molar-refractivity contribution in [3.8, 4) is 28.6 Å². The summed E-state index contributed by atoms with van der Waals surface area (Å²) in [6.07, 6.45) is 5.10. The number of hydrogen-bond acceptors (Lipinski definition) is 7. The molecule has 3 N–H and O–H groups in total. The molecular weight excluding hydrogens is 426 g/mol. The van der Waals surface area contributed by atoms with Crippen molar-refractivity contribution >= 4 is 15.8 Å². The van der Waals surface area contributed by atoms with Crippen LogP contribution in [0.15, 0.2) is 35.5 Å². The standard InChI is InChI=1S/C22H23N7O2S/c1-13-4-5-15(32(30,31)28-22-9-21(10-22,11-22)12-23)6-16(13)18-7-25-20(24)19(26-18)17-8-29(3)27-14(17)2/h4-8,28H,9-11H2,1-3H3,(H2,24,25). The number of nitrogens with zero attached hydrogens (tertiary/aromatic N) is 5. The highest BCUT2D eigenvalue weighted by Crippen LogP contribution is 2.67. The zero-order valence-corrected chi connectivity index (χ0v) is 18.9. The van der Waals surface area contributed by atoms with Crippen LogP contribution in [0.5, 0.6) is 0 Å². The number of nitrogens with one attached hydrogen (secondary N) is 1. The van der Waals surface area contributed by atoms with Gasteiger partial charge in [-0.25, -0.2) is 23.1 Å². The minimum Gasteiger partial charge on any atom is -0.382 e. The van der Waals surface area contributed by atoms with E-state index < -0.39 is 15.6 Å². The van der Waals surface area contributed by atoms with Crippen molar-refractivity contribution in [3.05, 3.63) is 41.9 Å². The number of nitrogens with two attached hydrogens (primary N) is 1. The molecule has 1 aromatic carbocycles. The SMILES string of the molecule is Cc1ccc(S(=O)(=O)NC23CC(C#N)(C2)C3)cc1-c1cnc(N)c(-c2cn(C)nc2C)n1. The maximum absolute atomic E-state index is 13.1. The molecular formula is C22H23N7O2S. The van der Waals surface area contributed by atoms with Crippen molar-refractivity contribution in [1.82, 2.24) is 24.5 Å². The molecule has 3 aliphatic carbocycles. The van der Waals surface area contributed by atoms with Crippen LogP contribution in [-0.2, 0) is 17.1 Å². The van der Waals surface area contributed by atoms with Crippen LogP contribution >= 0.6 is 0 Å². The Hall–Kier alpha value is -3.29. The first-order valence-electron chi connectivity index (χ1n) is 10.2. The fourth-order valence-electron chi connectivity index (χ4n) is 4.96. The van der Waals surface area contributed by atoms with Crippen LogP contribution in [0.2, 0.25) is 0 Å². The second-order valence-corrected chi connectivity index (χ2v) is 10.8. The van der Waals surface area contributed by atoms with Crippen LogP contribution in [0, 0.1) is 30.6 Å². The lowest BCUT2D eigenvalue weighted by molar-refractivity contribution is -0.0946. The average molecular weight is 450 g/mol. The first-order chi connectivity index (χ1) is 15.1. The molecule has 3 fully saturated rings. The number of sulfonamides is 1. The third-order valence-electron chi connectivity index (χ3n) is 6.48. The molecule has 2 aromatic heterocycles. The monoisotopic (exact) mass is 449 g/mol. The molecule has 6 rings (SSSR count). The lowest BCUT2D eigenvalue weighted by atomic mass is 9.40. The van der Waals surface area contributed by atoms with Gasteiger partial charge in [0.25, 0.3) is 0 Å². The number of nitriles is 1. The molecule has 164 valence electrons. The predicted molar refractivity (Wildman–Crippen MR) is 119 cm³/mol. The third-order valence-corrected chi connectivity index (χ3v) is 8.06. The topological polar surface area (TPSA) is 140 Å². The number of anilines is 1. The number of aryl methyl sites for hydroxylation is 3. The molecule has 3 saturated carbocycles. The predicted octanol–water partition coefficient (Wildman–Crippen LogP) is 2.47. The van der Waals surface area contributed by atoms with E-state index in [2.05, 4.69) is 20.9 Å². The Morgan fingerprint density at radius 1 is 1.22 bits per heavy atom. The van der Waals surface area contributed by atoms with Gasteiger partial charge in [-0.3, -0.25) is 4.68 Å². The normalized spacial score (nSPS) is 23.8. The molecule has 0 aliphatic heterocycles. The van der Waals surface area contributed by atoms with Crippen LogP contribution in [0.25, 0.3) is 22.5 Å². The van der Waals surface area contributed by atoms with Crippen LogP contribution in [-0.4, -0.2) is 33.7 Å². The molecule has 0 spiro atoms. The second kappa shape index (κ2) is 6.60. The molecule has 2 bridgehead atoms. The van der Waals surface area contributed by atoms with Gasteiger partial charge in [0.05, 0.1) is 34.0 Å². The molecule has 10 heteroatoms. The van der Waals surface area contributed by atoms with Crippen LogP contribution < -0.4 is 10.5 Å². The molecule has 3 aromatic rings. The van der Waals surface area contributed by atoms with Crippen molar-refractivity contribution in [3.63, 3.8) is 0 Å². The van der Waals surface area contributed by atoms with Gasteiger partial charge in [-0.05, 0) is 50.8 Å². The van der Waals surface area contributed by atoms with Gasteiger partial charge in [-0.15, -0.1) is 0 Å². The van der Waals surface area contributed by atoms with Crippen molar-refractivity contribution < 1.29 is 8.42 Å². The van der Waals surface area contributed by atoms with E-state index in [4.69, 9.17) is 10.7 Å². The van der Waals surface area contributed by atoms with E-state index in [0.717, 1.165) is 16.8 Å². The van der Waals surface area contributed by atoms with E-state index in [9.17, 15) is 13.7 Å². The van der Waals surface area contributed by atoms with E-state index in [0.29, 0.717) is 36.2 Å². The number of rotatable bonds is 5. The molecule has 0 radical (unpaired) electrons. The maximum atomic E-state index is 13.1. The first kappa shape index (κ1) is 20.6. The number of hydrogen-bond donors (Lipinski definition) is 2. The summed E-state index contributed by atoms with van der Waals surface area (Å²) in [5, 5.41) is 13.5. The second-order valence-electron chi connectivity index (χ2n) is 9.08. The summed E-state index contributed by atoms with van der Waals surface area (Å²) in [6, 6.07) is 7.26. The van der Waals surface area contributed by atoms with Gasteiger partial charge in [0.2, 0.25) is 10.0 Å². The van der Waals surface area contributed by atoms with E-state index in [1.165, 1.54) is 0 Å². The smallest absolute Gasteiger partial charge is 0.241 e. The van der Waals surface area contributed by atoms with E-state index in [-0.39, 0.29) is 16.1 Å². The van der Waals surface area contributed by atoms with Crippen LogP contribution in [0.4, 0.5) is 5.82 Å². The van der Waals surface area contributed by atoms with E-state index >= 15 is 0 Å². The largest absolute Gasteiger partial charge is 0.382 e. The zero-order chi connectivity index (χ0) is 22.9. The summed E-state index contributed by atoms with van der Waals surface area (Å²) in [5.74, 6) is 0.281. The maximum Gasteiger partial charge on any atom is 0.241 e. The highest BCUT2D eigenvalue weighted by Gasteiger charge is 2.69. The Morgan fingerprint density at radius 3 is 2.56 bits per heavy atom. The van der Waals surface area contributed by atoms with Crippen molar-refractivity contribution in [1.29, 1.82) is 5.26 Å². The molecule has 0 unspecified atom stereocenters. The Morgan fingerprint density at radius 2 is 1.94 bits per heavy atom. The van der Waals surface area contributed by atoms with Gasteiger partial charge >= 0.3 is 0 Å². The van der Waals surface area contributed by atoms with Crippen LogP contribution in [0.3, 0.4) is 0 Å². The number of nitrogen functional groups attached to an aromatic ring is 1. The molecule has 3 aliphatic rings. The molecule has 9 nitrogen and oxygen atoms in total. The highest BCUT2D eigenvalue weighted by atomic mass is 32.2. The van der Waals surface area contributed by atoms with Gasteiger partial charge in [-0.1, -0.05) is 6.07 Å². The van der Waals surface area contributed by atoms with E-state index in [1.54, 1.807) is 29.1 Å². The number of aromatic nitrogens is 4. The first-order valence-corrected chi connectivity index (χ1v) is 11.7. The van der Waals surface area contributed by atoms with Crippen LogP contribution in [0.1, 0.15) is 30.5 Å². The summed E-state index contributed by atoms with van der Waals surface area (Å²) in [4.78, 5) is 9.17. The molecule has 0 amide bonds. The van der Waals surface area contributed by atoms with E-state index in [1.807, 2.05) is 27.1 Å². The zero-order valence-electron chi connectivity index (χ0n) is 18.0. The van der Waals surface area contributed by atoms with Crippen molar-refractivity contribution in [2.75, 3.05) is 5.73 Å². The fourth-order valence-corrected chi connectivity index (χ4v) is 6.39. The minimum absolute atomic E-state index is 0.159. The van der Waals surface area contributed by atoms with Crippen molar-refractivity contribution in [2.24, 2.45) is 12.5 Å². The lowest BCUT2D eigenvalue weighted by Gasteiger charge is -2.66. The summed E-state index contributed by atoms with van der Waals surface area (Å²) in [7, 11) is -1.92. The quantitative estimate of drug-likeness (QED) is 0.610. The molecule has 32 heavy (non-hydrogen) atoms. The summed E-state index contributed by atoms with van der Waals surface area (Å²) < 4.78 is 30.7. The Labute approximate surface area is 186 Å². The average Bonchev–Trinajstić information content (AvgIpc) is 3.02. The van der Waals surface area contributed by atoms with Gasteiger partial charge in [0.1, 0.15) is 11.5 Å². The van der Waals surface area contributed by atoms with Crippen molar-refractivity contribution in [2.45, 2.75) is 43.5 Å². The number of benzene rings is 1. The van der Waals surface area contributed by atoms with Gasteiger partial charge in [-0.2, -0.15) is 10.4 Å². The highest BCUT2D eigenvalue weighted by molar-refractivity contribution is 7.89. The Balaban J connectivity index is 1.50. The summed E-state index contributed by atoms with van der Waals surface area (Å²) >= 11 is 0. The lowest BCUT2D eigenvalue weighted by Crippen LogP contribution is -2.74. The third kappa shape index (κ3) is 3.08. The Kier molecular flexibility index (Phi) is 4.25. The summed E-state index contributed by atoms with van der Waals surface area (Å²) in [6.45, 7) is 3.76.